The SMILES string of the molecule is O=C(CC1CCCN1)c1coc2ccccc12. The van der Waals surface area contributed by atoms with E-state index in [9.17, 15) is 4.79 Å². The number of carbonyl (C=O) groups is 1. The number of para-hydroxylation sites is 1. The van der Waals surface area contributed by atoms with E-state index < -0.39 is 0 Å². The Labute approximate surface area is 99.8 Å². The number of hydrogen-bond donors (Lipinski definition) is 1. The largest absolute Gasteiger partial charge is 0.464 e. The minimum Gasteiger partial charge on any atom is -0.464 e. The topological polar surface area (TPSA) is 42.2 Å². The molecule has 88 valence electrons. The van der Waals surface area contributed by atoms with Crippen molar-refractivity contribution >= 4 is 16.8 Å². The maximum Gasteiger partial charge on any atom is 0.168 e. The van der Waals surface area contributed by atoms with Gasteiger partial charge in [0, 0.05) is 17.8 Å². The molecule has 3 nitrogen and oxygen atoms in total. The van der Waals surface area contributed by atoms with E-state index in [1.165, 1.54) is 6.42 Å². The van der Waals surface area contributed by atoms with Gasteiger partial charge >= 0.3 is 0 Å². The second-order valence-corrected chi connectivity index (χ2v) is 4.57. The summed E-state index contributed by atoms with van der Waals surface area (Å²) in [4.78, 5) is 12.2. The van der Waals surface area contributed by atoms with Gasteiger partial charge in [0.1, 0.15) is 11.8 Å². The maximum atomic E-state index is 12.2. The Morgan fingerprint density at radius 1 is 1.41 bits per heavy atom. The summed E-state index contributed by atoms with van der Waals surface area (Å²) >= 11 is 0. The highest BCUT2D eigenvalue weighted by Crippen LogP contribution is 2.23. The highest BCUT2D eigenvalue weighted by atomic mass is 16.3. The smallest absolute Gasteiger partial charge is 0.168 e. The fourth-order valence-electron chi connectivity index (χ4n) is 2.46. The van der Waals surface area contributed by atoms with Gasteiger partial charge in [0.05, 0.1) is 5.56 Å². The standard InChI is InChI=1S/C14H15NO2/c16-13(8-10-4-3-7-15-10)12-9-17-14-6-2-1-5-11(12)14/h1-2,5-6,9-10,15H,3-4,7-8H2. The lowest BCUT2D eigenvalue weighted by Crippen LogP contribution is -2.24. The fourth-order valence-corrected chi connectivity index (χ4v) is 2.46. The minimum absolute atomic E-state index is 0.175. The van der Waals surface area contributed by atoms with Crippen LogP contribution in [0.2, 0.25) is 0 Å². The van der Waals surface area contributed by atoms with Crippen LogP contribution in [0.1, 0.15) is 29.6 Å². The molecule has 0 amide bonds. The molecule has 1 saturated heterocycles. The Hall–Kier alpha value is -1.61. The molecule has 3 rings (SSSR count). The van der Waals surface area contributed by atoms with Crippen molar-refractivity contribution in [2.75, 3.05) is 6.54 Å². The van der Waals surface area contributed by atoms with Crippen LogP contribution >= 0.6 is 0 Å². The molecule has 0 spiro atoms. The molecule has 0 radical (unpaired) electrons. The lowest BCUT2D eigenvalue weighted by atomic mass is 10.0. The molecule has 0 bridgehead atoms. The van der Waals surface area contributed by atoms with E-state index in [4.69, 9.17) is 4.42 Å². The fraction of sp³-hybridized carbons (Fsp3) is 0.357. The number of benzene rings is 1. The van der Waals surface area contributed by atoms with E-state index >= 15 is 0 Å². The van der Waals surface area contributed by atoms with Gasteiger partial charge < -0.3 is 9.73 Å². The van der Waals surface area contributed by atoms with Crippen molar-refractivity contribution in [3.05, 3.63) is 36.1 Å². The summed E-state index contributed by atoms with van der Waals surface area (Å²) in [7, 11) is 0. The molecule has 1 aliphatic heterocycles. The number of carbonyl (C=O) groups excluding carboxylic acids is 1. The van der Waals surface area contributed by atoms with Crippen LogP contribution in [0, 0.1) is 0 Å². The summed E-state index contributed by atoms with van der Waals surface area (Å²) in [5.74, 6) is 0.175. The van der Waals surface area contributed by atoms with E-state index in [0.29, 0.717) is 18.0 Å². The van der Waals surface area contributed by atoms with Gasteiger partial charge in [-0.3, -0.25) is 4.79 Å². The third-order valence-electron chi connectivity index (χ3n) is 3.38. The lowest BCUT2D eigenvalue weighted by molar-refractivity contribution is 0.0972. The first kappa shape index (κ1) is 10.5. The van der Waals surface area contributed by atoms with E-state index in [0.717, 1.165) is 23.9 Å². The summed E-state index contributed by atoms with van der Waals surface area (Å²) < 4.78 is 5.39. The normalized spacial score (nSPS) is 19.9. The second-order valence-electron chi connectivity index (χ2n) is 4.57. The van der Waals surface area contributed by atoms with Crippen molar-refractivity contribution in [2.45, 2.75) is 25.3 Å². The Balaban J connectivity index is 1.85. The van der Waals surface area contributed by atoms with Crippen molar-refractivity contribution in [1.82, 2.24) is 5.32 Å². The van der Waals surface area contributed by atoms with Gasteiger partial charge in [-0.05, 0) is 25.5 Å². The molecule has 3 heteroatoms. The van der Waals surface area contributed by atoms with Gasteiger partial charge in [0.2, 0.25) is 0 Å². The number of nitrogens with one attached hydrogen (secondary N) is 1. The summed E-state index contributed by atoms with van der Waals surface area (Å²) in [6, 6.07) is 8.02. The molecule has 2 aromatic rings. The third-order valence-corrected chi connectivity index (χ3v) is 3.38. The molecule has 2 heterocycles. The Kier molecular flexibility index (Phi) is 2.69. The highest BCUT2D eigenvalue weighted by Gasteiger charge is 2.20. The van der Waals surface area contributed by atoms with E-state index in [2.05, 4.69) is 5.32 Å². The van der Waals surface area contributed by atoms with Crippen LogP contribution in [0.3, 0.4) is 0 Å². The monoisotopic (exact) mass is 229 g/mol. The van der Waals surface area contributed by atoms with Gasteiger partial charge in [-0.15, -0.1) is 0 Å². The first-order chi connectivity index (χ1) is 8.34. The van der Waals surface area contributed by atoms with Gasteiger partial charge in [-0.1, -0.05) is 18.2 Å². The van der Waals surface area contributed by atoms with Crippen LogP contribution in [-0.4, -0.2) is 18.4 Å². The van der Waals surface area contributed by atoms with Crippen molar-refractivity contribution in [3.63, 3.8) is 0 Å². The molecule has 0 aliphatic carbocycles. The van der Waals surface area contributed by atoms with Crippen LogP contribution in [0.5, 0.6) is 0 Å². The summed E-state index contributed by atoms with van der Waals surface area (Å²) in [6.45, 7) is 1.03. The third kappa shape index (κ3) is 1.98. The summed E-state index contributed by atoms with van der Waals surface area (Å²) in [5.41, 5.74) is 1.50. The average molecular weight is 229 g/mol. The summed E-state index contributed by atoms with van der Waals surface area (Å²) in [5, 5.41) is 4.27. The Bertz CT molecular complexity index is 538. The van der Waals surface area contributed by atoms with Crippen LogP contribution < -0.4 is 5.32 Å². The highest BCUT2D eigenvalue weighted by molar-refractivity contribution is 6.07. The number of fused-ring (bicyclic) bond motifs is 1. The molecule has 1 aromatic heterocycles. The van der Waals surface area contributed by atoms with Gasteiger partial charge in [-0.2, -0.15) is 0 Å². The zero-order valence-corrected chi connectivity index (χ0v) is 9.61. The average Bonchev–Trinajstić information content (AvgIpc) is 2.96. The lowest BCUT2D eigenvalue weighted by Gasteiger charge is -2.07. The molecule has 1 N–H and O–H groups in total. The predicted octanol–water partition coefficient (Wildman–Crippen LogP) is 2.76. The van der Waals surface area contributed by atoms with Crippen molar-refractivity contribution in [3.8, 4) is 0 Å². The second kappa shape index (κ2) is 4.34. The first-order valence-corrected chi connectivity index (χ1v) is 6.07. The molecule has 1 atom stereocenters. The maximum absolute atomic E-state index is 12.2. The van der Waals surface area contributed by atoms with Crippen molar-refractivity contribution in [1.29, 1.82) is 0 Å². The number of rotatable bonds is 3. The zero-order chi connectivity index (χ0) is 11.7. The van der Waals surface area contributed by atoms with Crippen LogP contribution in [0.15, 0.2) is 34.9 Å². The molecule has 17 heavy (non-hydrogen) atoms. The molecule has 1 fully saturated rings. The minimum atomic E-state index is 0.175. The van der Waals surface area contributed by atoms with Gasteiger partial charge in [-0.25, -0.2) is 0 Å². The summed E-state index contributed by atoms with van der Waals surface area (Å²) in [6.07, 6.45) is 4.43. The molecular formula is C14H15NO2. The van der Waals surface area contributed by atoms with E-state index in [1.807, 2.05) is 24.3 Å². The molecule has 0 saturated carbocycles. The quantitative estimate of drug-likeness (QED) is 0.823. The van der Waals surface area contributed by atoms with Gasteiger partial charge in [0.25, 0.3) is 0 Å². The molecule has 1 aliphatic rings. The van der Waals surface area contributed by atoms with Gasteiger partial charge in [0.15, 0.2) is 5.78 Å². The van der Waals surface area contributed by atoms with Crippen molar-refractivity contribution < 1.29 is 9.21 Å². The number of hydrogen-bond acceptors (Lipinski definition) is 3. The Morgan fingerprint density at radius 2 is 2.29 bits per heavy atom. The van der Waals surface area contributed by atoms with Crippen LogP contribution in [0.4, 0.5) is 0 Å². The molecule has 1 aromatic carbocycles. The number of Topliss-reactive ketones (excluding diaryl/α,β-unsaturated/α-hetero) is 1. The molecular weight excluding hydrogens is 214 g/mol. The predicted molar refractivity (Wildman–Crippen MR) is 66.2 cm³/mol. The van der Waals surface area contributed by atoms with Crippen LogP contribution in [0.25, 0.3) is 11.0 Å². The number of furan rings is 1. The number of ketones is 1. The zero-order valence-electron chi connectivity index (χ0n) is 9.61. The van der Waals surface area contributed by atoms with Crippen LogP contribution in [-0.2, 0) is 0 Å². The first-order valence-electron chi connectivity index (χ1n) is 6.07. The van der Waals surface area contributed by atoms with Crippen molar-refractivity contribution in [2.24, 2.45) is 0 Å². The Morgan fingerprint density at radius 3 is 3.12 bits per heavy atom. The van der Waals surface area contributed by atoms with E-state index in [-0.39, 0.29) is 5.78 Å². The molecule has 1 unspecified atom stereocenters. The van der Waals surface area contributed by atoms with E-state index in [1.54, 1.807) is 6.26 Å².